The average molecular weight is 568 g/mol. The zero-order valence-corrected chi connectivity index (χ0v) is 21.4. The summed E-state index contributed by atoms with van der Waals surface area (Å²) in [5, 5.41) is 10.7. The molecule has 11 nitrogen and oxygen atoms in total. The number of nitrogens with one attached hydrogen (secondary N) is 3. The molecule has 1 aliphatic heterocycles. The molecular weight excluding hydrogens is 548 g/mol. The number of alkyl halides is 3. The minimum Gasteiger partial charge on any atom is -0.347 e. The van der Waals surface area contributed by atoms with Crippen molar-refractivity contribution < 1.29 is 31.9 Å². The fraction of sp³-hybridized carbons (Fsp3) is 0.192. The summed E-state index contributed by atoms with van der Waals surface area (Å²) in [4.78, 5) is 51.1. The van der Waals surface area contributed by atoms with Crippen LogP contribution in [0.1, 0.15) is 49.5 Å². The van der Waals surface area contributed by atoms with Gasteiger partial charge in [-0.05, 0) is 30.2 Å². The third-order valence-electron chi connectivity index (χ3n) is 6.38. The van der Waals surface area contributed by atoms with Gasteiger partial charge in [0.1, 0.15) is 29.6 Å². The van der Waals surface area contributed by atoms with Crippen molar-refractivity contribution in [2.45, 2.75) is 25.7 Å². The lowest BCUT2D eigenvalue weighted by Gasteiger charge is -2.13. The van der Waals surface area contributed by atoms with Crippen LogP contribution >= 0.6 is 0 Å². The molecule has 0 saturated heterocycles. The SMILES string of the molecule is Cc1cc(CNC(=O)c2cc(C(=O)N[C@H]3C(=O)N(C)c4cc(-c5n[nH]c(C(F)(F)F)n5)ccc43)ncn2)ccc1F. The van der Waals surface area contributed by atoms with Gasteiger partial charge in [-0.15, -0.1) is 0 Å². The van der Waals surface area contributed by atoms with Gasteiger partial charge in [-0.2, -0.15) is 18.3 Å². The summed E-state index contributed by atoms with van der Waals surface area (Å²) in [5.74, 6) is -3.70. The molecule has 0 radical (unpaired) electrons. The van der Waals surface area contributed by atoms with Gasteiger partial charge in [0.15, 0.2) is 5.82 Å². The molecule has 15 heteroatoms. The Morgan fingerprint density at radius 2 is 1.78 bits per heavy atom. The van der Waals surface area contributed by atoms with E-state index in [4.69, 9.17) is 0 Å². The number of aromatic amines is 1. The molecule has 0 fully saturated rings. The van der Waals surface area contributed by atoms with Gasteiger partial charge >= 0.3 is 6.18 Å². The van der Waals surface area contributed by atoms with Gasteiger partial charge in [0.2, 0.25) is 5.82 Å². The second-order valence-electron chi connectivity index (χ2n) is 9.14. The quantitative estimate of drug-likeness (QED) is 0.303. The number of hydrogen-bond acceptors (Lipinski definition) is 7. The number of H-pyrrole nitrogens is 1. The summed E-state index contributed by atoms with van der Waals surface area (Å²) < 4.78 is 52.2. The molecule has 0 saturated carbocycles. The molecule has 1 atom stereocenters. The summed E-state index contributed by atoms with van der Waals surface area (Å²) in [5.41, 5.74) is 1.77. The molecule has 3 amide bonds. The lowest BCUT2D eigenvalue weighted by Crippen LogP contribution is -2.36. The highest BCUT2D eigenvalue weighted by atomic mass is 19.4. The van der Waals surface area contributed by atoms with Gasteiger partial charge in [-0.25, -0.2) is 19.3 Å². The number of hydrogen-bond donors (Lipinski definition) is 3. The van der Waals surface area contributed by atoms with Crippen molar-refractivity contribution in [3.8, 4) is 11.4 Å². The van der Waals surface area contributed by atoms with E-state index in [9.17, 15) is 31.9 Å². The Kier molecular flexibility index (Phi) is 6.94. The first-order valence-electron chi connectivity index (χ1n) is 12.0. The number of fused-ring (bicyclic) bond motifs is 1. The van der Waals surface area contributed by atoms with Crippen molar-refractivity contribution in [3.05, 3.63) is 88.5 Å². The molecule has 4 aromatic rings. The number of anilines is 1. The van der Waals surface area contributed by atoms with Crippen molar-refractivity contribution in [2.75, 3.05) is 11.9 Å². The van der Waals surface area contributed by atoms with Crippen LogP contribution in [0.15, 0.2) is 48.8 Å². The van der Waals surface area contributed by atoms with Crippen molar-refractivity contribution in [1.29, 1.82) is 0 Å². The van der Waals surface area contributed by atoms with E-state index < -0.39 is 35.8 Å². The normalized spacial score (nSPS) is 14.6. The number of nitrogens with zero attached hydrogens (tertiary/aromatic N) is 5. The molecule has 41 heavy (non-hydrogen) atoms. The van der Waals surface area contributed by atoms with E-state index in [2.05, 4.69) is 30.7 Å². The largest absolute Gasteiger partial charge is 0.451 e. The van der Waals surface area contributed by atoms with E-state index >= 15 is 0 Å². The minimum atomic E-state index is -4.70. The van der Waals surface area contributed by atoms with Crippen LogP contribution in [-0.2, 0) is 17.5 Å². The summed E-state index contributed by atoms with van der Waals surface area (Å²) in [6, 6.07) is 8.82. The first kappa shape index (κ1) is 27.4. The maximum Gasteiger partial charge on any atom is 0.451 e. The van der Waals surface area contributed by atoms with E-state index in [1.54, 1.807) is 13.0 Å². The fourth-order valence-corrected chi connectivity index (χ4v) is 4.22. The van der Waals surface area contributed by atoms with Crippen molar-refractivity contribution in [3.63, 3.8) is 0 Å². The van der Waals surface area contributed by atoms with E-state index in [0.717, 1.165) is 12.4 Å². The van der Waals surface area contributed by atoms with Crippen LogP contribution < -0.4 is 15.5 Å². The number of carbonyl (C=O) groups is 3. The van der Waals surface area contributed by atoms with Gasteiger partial charge < -0.3 is 15.5 Å². The van der Waals surface area contributed by atoms with Crippen LogP contribution in [0.4, 0.5) is 23.2 Å². The smallest absolute Gasteiger partial charge is 0.347 e. The van der Waals surface area contributed by atoms with Crippen LogP contribution in [0.2, 0.25) is 0 Å². The molecule has 0 aliphatic carbocycles. The van der Waals surface area contributed by atoms with Gasteiger partial charge in [0.05, 0.1) is 0 Å². The van der Waals surface area contributed by atoms with Crippen LogP contribution in [0.5, 0.6) is 0 Å². The molecule has 0 spiro atoms. The second-order valence-corrected chi connectivity index (χ2v) is 9.14. The highest BCUT2D eigenvalue weighted by Crippen LogP contribution is 2.38. The first-order chi connectivity index (χ1) is 19.4. The predicted octanol–water partition coefficient (Wildman–Crippen LogP) is 3.11. The van der Waals surface area contributed by atoms with Gasteiger partial charge in [-0.3, -0.25) is 19.5 Å². The summed E-state index contributed by atoms with van der Waals surface area (Å²) in [6.45, 7) is 1.70. The topological polar surface area (TPSA) is 146 Å². The minimum absolute atomic E-state index is 0.0957. The Morgan fingerprint density at radius 3 is 2.46 bits per heavy atom. The van der Waals surface area contributed by atoms with E-state index in [1.807, 2.05) is 5.10 Å². The molecule has 0 bridgehead atoms. The maximum atomic E-state index is 13.5. The molecule has 3 heterocycles. The number of likely N-dealkylation sites (N-methyl/N-ethyl adjacent to an activating group) is 1. The summed E-state index contributed by atoms with van der Waals surface area (Å²) in [7, 11) is 1.45. The van der Waals surface area contributed by atoms with Gasteiger partial charge in [0.25, 0.3) is 17.7 Å². The van der Waals surface area contributed by atoms with E-state index in [1.165, 1.54) is 42.3 Å². The van der Waals surface area contributed by atoms with Crippen LogP contribution in [0.3, 0.4) is 0 Å². The lowest BCUT2D eigenvalue weighted by atomic mass is 10.0. The van der Waals surface area contributed by atoms with E-state index in [0.29, 0.717) is 22.4 Å². The third kappa shape index (κ3) is 5.46. The molecule has 0 unspecified atom stereocenters. The monoisotopic (exact) mass is 568 g/mol. The highest BCUT2D eigenvalue weighted by molar-refractivity contribution is 6.08. The Morgan fingerprint density at radius 1 is 1.05 bits per heavy atom. The molecular formula is C26H20F4N8O3. The Hall–Kier alpha value is -5.21. The number of aromatic nitrogens is 5. The number of rotatable bonds is 6. The highest BCUT2D eigenvalue weighted by Gasteiger charge is 2.38. The Labute approximate surface area is 229 Å². The molecule has 210 valence electrons. The molecule has 3 N–H and O–H groups in total. The zero-order valence-electron chi connectivity index (χ0n) is 21.4. The average Bonchev–Trinajstić information content (AvgIpc) is 3.54. The molecule has 5 rings (SSSR count). The van der Waals surface area contributed by atoms with Crippen LogP contribution in [0.25, 0.3) is 11.4 Å². The Bertz CT molecular complexity index is 1690. The molecule has 2 aromatic carbocycles. The Balaban J connectivity index is 1.30. The van der Waals surface area contributed by atoms with Crippen LogP contribution in [0, 0.1) is 12.7 Å². The summed E-state index contributed by atoms with van der Waals surface area (Å²) >= 11 is 0. The van der Waals surface area contributed by atoms with Gasteiger partial charge in [-0.1, -0.05) is 24.3 Å². The predicted molar refractivity (Wildman–Crippen MR) is 135 cm³/mol. The zero-order chi connectivity index (χ0) is 29.5. The number of benzene rings is 2. The standard InChI is InChI=1S/C26H20F4N8O3/c1-12-7-13(3-6-16(12)27)10-31-22(39)17-9-18(33-11-32-17)23(40)34-20-15-5-4-14(8-19(15)38(2)24(20)41)21-35-25(37-36-21)26(28,29)30/h3-9,11,20H,10H2,1-2H3,(H,31,39)(H,34,40)(H,35,36,37)/t20-/m1/s1. The molecule has 2 aromatic heterocycles. The number of carbonyl (C=O) groups excluding carboxylic acids is 3. The van der Waals surface area contributed by atoms with Crippen molar-refractivity contribution in [2.24, 2.45) is 0 Å². The van der Waals surface area contributed by atoms with Gasteiger partial charge in [0, 0.05) is 36.5 Å². The summed E-state index contributed by atoms with van der Waals surface area (Å²) in [6.07, 6.45) is -3.67. The van der Waals surface area contributed by atoms with Crippen LogP contribution in [-0.4, -0.2) is 49.9 Å². The lowest BCUT2D eigenvalue weighted by molar-refractivity contribution is -0.144. The maximum absolute atomic E-state index is 13.5. The number of aryl methyl sites for hydroxylation is 1. The second kappa shape index (κ2) is 10.4. The fourth-order valence-electron chi connectivity index (χ4n) is 4.22. The number of halogens is 4. The number of amides is 3. The van der Waals surface area contributed by atoms with E-state index in [-0.39, 0.29) is 35.1 Å². The third-order valence-corrected chi connectivity index (χ3v) is 6.38. The first-order valence-corrected chi connectivity index (χ1v) is 12.0. The molecule has 1 aliphatic rings. The van der Waals surface area contributed by atoms with Crippen molar-refractivity contribution >= 4 is 23.4 Å². The van der Waals surface area contributed by atoms with Crippen molar-refractivity contribution in [1.82, 2.24) is 35.8 Å².